The van der Waals surface area contributed by atoms with Crippen LogP contribution >= 0.6 is 0 Å². The van der Waals surface area contributed by atoms with Crippen LogP contribution in [0.25, 0.3) is 0 Å². The van der Waals surface area contributed by atoms with Crippen LogP contribution in [0, 0.1) is 5.92 Å². The van der Waals surface area contributed by atoms with Crippen molar-refractivity contribution >= 4 is 0 Å². The van der Waals surface area contributed by atoms with Gasteiger partial charge in [0, 0.05) is 13.0 Å². The molecule has 2 heteroatoms. The Balaban J connectivity index is 1.20. The van der Waals surface area contributed by atoms with E-state index in [1.54, 1.807) is 0 Å². The molecule has 0 amide bonds. The minimum atomic E-state index is 0.350. The summed E-state index contributed by atoms with van der Waals surface area (Å²) in [6.07, 6.45) is 6.67. The van der Waals surface area contributed by atoms with Crippen molar-refractivity contribution < 1.29 is 4.74 Å². The van der Waals surface area contributed by atoms with Gasteiger partial charge < -0.3 is 4.74 Å². The van der Waals surface area contributed by atoms with Gasteiger partial charge in [0.05, 0.1) is 0 Å². The van der Waals surface area contributed by atoms with Gasteiger partial charge in [-0.2, -0.15) is 0 Å². The molecule has 1 unspecified atom stereocenters. The zero-order valence-corrected chi connectivity index (χ0v) is 14.4. The van der Waals surface area contributed by atoms with E-state index in [2.05, 4.69) is 59.5 Å². The second kappa shape index (κ2) is 7.40. The topological polar surface area (TPSA) is 12.5 Å². The number of rotatable bonds is 5. The number of ether oxygens (including phenoxy) is 1. The van der Waals surface area contributed by atoms with E-state index < -0.39 is 0 Å². The van der Waals surface area contributed by atoms with Gasteiger partial charge in [-0.25, -0.2) is 0 Å². The van der Waals surface area contributed by atoms with Gasteiger partial charge in [-0.3, -0.25) is 4.90 Å². The van der Waals surface area contributed by atoms with E-state index in [4.69, 9.17) is 4.74 Å². The van der Waals surface area contributed by atoms with Gasteiger partial charge in [0.15, 0.2) is 0 Å². The fourth-order valence-corrected chi connectivity index (χ4v) is 4.12. The summed E-state index contributed by atoms with van der Waals surface area (Å²) in [6, 6.07) is 19.4. The normalized spacial score (nSPS) is 21.4. The first-order valence-corrected chi connectivity index (χ1v) is 9.37. The summed E-state index contributed by atoms with van der Waals surface area (Å²) in [6.45, 7) is 3.55. The van der Waals surface area contributed by atoms with Crippen LogP contribution in [-0.2, 0) is 12.8 Å². The highest BCUT2D eigenvalue weighted by Gasteiger charge is 2.26. The minimum Gasteiger partial charge on any atom is -0.488 e. The number of hydrogen-bond acceptors (Lipinski definition) is 2. The molecule has 2 aliphatic heterocycles. The lowest BCUT2D eigenvalue weighted by Gasteiger charge is -2.33. The molecule has 0 aromatic heterocycles. The summed E-state index contributed by atoms with van der Waals surface area (Å²) in [5, 5.41) is 0. The highest BCUT2D eigenvalue weighted by Crippen LogP contribution is 2.29. The van der Waals surface area contributed by atoms with Gasteiger partial charge in [-0.05, 0) is 61.9 Å². The van der Waals surface area contributed by atoms with E-state index in [-0.39, 0.29) is 0 Å². The van der Waals surface area contributed by atoms with Gasteiger partial charge >= 0.3 is 0 Å². The second-order valence-electron chi connectivity index (χ2n) is 7.32. The molecule has 0 radical (unpaired) electrons. The highest BCUT2D eigenvalue weighted by molar-refractivity contribution is 5.37. The number of nitrogens with zero attached hydrogens (tertiary/aromatic N) is 1. The molecule has 0 spiro atoms. The third kappa shape index (κ3) is 3.81. The highest BCUT2D eigenvalue weighted by atomic mass is 16.5. The molecule has 0 N–H and O–H groups in total. The quantitative estimate of drug-likeness (QED) is 0.812. The molecule has 2 aromatic carbocycles. The molecule has 0 saturated carbocycles. The van der Waals surface area contributed by atoms with Gasteiger partial charge in [-0.15, -0.1) is 0 Å². The monoisotopic (exact) mass is 321 g/mol. The van der Waals surface area contributed by atoms with Crippen molar-refractivity contribution in [3.8, 4) is 5.75 Å². The van der Waals surface area contributed by atoms with Crippen LogP contribution < -0.4 is 4.74 Å². The molecule has 0 aliphatic carbocycles. The Bertz CT molecular complexity index is 621. The number of para-hydroxylation sites is 1. The maximum Gasteiger partial charge on any atom is 0.123 e. The summed E-state index contributed by atoms with van der Waals surface area (Å²) in [7, 11) is 0. The summed E-state index contributed by atoms with van der Waals surface area (Å²) < 4.78 is 6.10. The van der Waals surface area contributed by atoms with E-state index >= 15 is 0 Å². The third-order valence-electron chi connectivity index (χ3n) is 5.57. The van der Waals surface area contributed by atoms with Crippen LogP contribution in [0.4, 0.5) is 0 Å². The Labute approximate surface area is 145 Å². The zero-order valence-electron chi connectivity index (χ0n) is 14.4. The molecule has 1 fully saturated rings. The maximum absolute atomic E-state index is 6.10. The van der Waals surface area contributed by atoms with Crippen molar-refractivity contribution in [3.05, 3.63) is 65.7 Å². The van der Waals surface area contributed by atoms with E-state index in [1.165, 1.54) is 49.9 Å². The van der Waals surface area contributed by atoms with Crippen molar-refractivity contribution in [2.75, 3.05) is 19.6 Å². The van der Waals surface area contributed by atoms with E-state index in [0.29, 0.717) is 6.10 Å². The first-order chi connectivity index (χ1) is 11.9. The first-order valence-electron chi connectivity index (χ1n) is 9.37. The van der Waals surface area contributed by atoms with Crippen molar-refractivity contribution in [1.82, 2.24) is 4.90 Å². The van der Waals surface area contributed by atoms with Crippen LogP contribution in [0.2, 0.25) is 0 Å². The molecule has 2 nitrogen and oxygen atoms in total. The average molecular weight is 321 g/mol. The molecular formula is C22H27NO. The zero-order chi connectivity index (χ0) is 16.2. The van der Waals surface area contributed by atoms with Gasteiger partial charge in [0.1, 0.15) is 11.9 Å². The Hall–Kier alpha value is -1.80. The van der Waals surface area contributed by atoms with Crippen LogP contribution in [0.15, 0.2) is 54.6 Å². The van der Waals surface area contributed by atoms with Gasteiger partial charge in [-0.1, -0.05) is 48.5 Å². The Morgan fingerprint density at radius 1 is 0.917 bits per heavy atom. The Morgan fingerprint density at radius 3 is 2.46 bits per heavy atom. The molecule has 24 heavy (non-hydrogen) atoms. The molecule has 4 rings (SSSR count). The van der Waals surface area contributed by atoms with Crippen molar-refractivity contribution in [2.24, 2.45) is 5.92 Å². The molecule has 1 atom stereocenters. The molecule has 2 aromatic rings. The predicted octanol–water partition coefficient (Wildman–Crippen LogP) is 4.33. The van der Waals surface area contributed by atoms with E-state index in [1.807, 2.05) is 0 Å². The lowest BCUT2D eigenvalue weighted by molar-refractivity contribution is 0.115. The third-order valence-corrected chi connectivity index (χ3v) is 5.57. The number of fused-ring (bicyclic) bond motifs is 1. The van der Waals surface area contributed by atoms with Gasteiger partial charge in [0.25, 0.3) is 0 Å². The number of hydrogen-bond donors (Lipinski definition) is 0. The Morgan fingerprint density at radius 2 is 1.67 bits per heavy atom. The second-order valence-corrected chi connectivity index (χ2v) is 7.32. The number of piperidine rings is 1. The fraction of sp³-hybridized carbons (Fsp3) is 0.455. The van der Waals surface area contributed by atoms with E-state index in [9.17, 15) is 0 Å². The fourth-order valence-electron chi connectivity index (χ4n) is 4.12. The van der Waals surface area contributed by atoms with Crippen LogP contribution in [0.3, 0.4) is 0 Å². The average Bonchev–Trinajstić information content (AvgIpc) is 3.04. The van der Waals surface area contributed by atoms with Crippen LogP contribution in [0.5, 0.6) is 5.75 Å². The number of aryl methyl sites for hydroxylation is 1. The van der Waals surface area contributed by atoms with Crippen LogP contribution in [-0.4, -0.2) is 30.6 Å². The lowest BCUT2D eigenvalue weighted by Crippen LogP contribution is -2.40. The molecule has 0 bridgehead atoms. The van der Waals surface area contributed by atoms with Crippen molar-refractivity contribution in [3.63, 3.8) is 0 Å². The number of benzene rings is 2. The standard InChI is InChI=1S/C22H27NO/c1-2-6-18(7-3-1)10-11-19-12-14-23(15-13-19)17-21-16-20-8-4-5-9-22(20)24-21/h1-9,19,21H,10-17H2. The van der Waals surface area contributed by atoms with Crippen molar-refractivity contribution in [2.45, 2.75) is 38.2 Å². The van der Waals surface area contributed by atoms with Crippen LogP contribution in [0.1, 0.15) is 30.4 Å². The molecule has 1 saturated heterocycles. The van der Waals surface area contributed by atoms with Crippen molar-refractivity contribution in [1.29, 1.82) is 0 Å². The predicted molar refractivity (Wildman–Crippen MR) is 98.5 cm³/mol. The summed E-state index contributed by atoms with van der Waals surface area (Å²) in [4.78, 5) is 2.61. The molecule has 126 valence electrons. The summed E-state index contributed by atoms with van der Waals surface area (Å²) in [5.41, 5.74) is 2.86. The summed E-state index contributed by atoms with van der Waals surface area (Å²) >= 11 is 0. The number of likely N-dealkylation sites (tertiary alicyclic amines) is 1. The molecule has 2 heterocycles. The lowest BCUT2D eigenvalue weighted by atomic mass is 9.90. The largest absolute Gasteiger partial charge is 0.488 e. The smallest absolute Gasteiger partial charge is 0.123 e. The minimum absolute atomic E-state index is 0.350. The van der Waals surface area contributed by atoms with Gasteiger partial charge in [0.2, 0.25) is 0 Å². The summed E-state index contributed by atoms with van der Waals surface area (Å²) in [5.74, 6) is 1.99. The molecule has 2 aliphatic rings. The molecular weight excluding hydrogens is 294 g/mol. The maximum atomic E-state index is 6.10. The van der Waals surface area contributed by atoms with E-state index in [0.717, 1.165) is 24.6 Å². The first kappa shape index (κ1) is 15.7. The SMILES string of the molecule is c1ccc(CCC2CCN(CC3Cc4ccccc4O3)CC2)cc1. The Kier molecular flexibility index (Phi) is 4.84.